The van der Waals surface area contributed by atoms with E-state index in [2.05, 4.69) is 15.3 Å². The summed E-state index contributed by atoms with van der Waals surface area (Å²) in [5, 5.41) is 15.5. The molecule has 0 aliphatic carbocycles. The van der Waals surface area contributed by atoms with Crippen LogP contribution in [0.25, 0.3) is 21.3 Å². The zero-order valence-electron chi connectivity index (χ0n) is 18.2. The lowest BCUT2D eigenvalue weighted by Gasteiger charge is -2.11. The van der Waals surface area contributed by atoms with Crippen molar-refractivity contribution in [1.29, 1.82) is 0 Å². The first-order chi connectivity index (χ1) is 16.0. The predicted molar refractivity (Wildman–Crippen MR) is 129 cm³/mol. The molecule has 2 heterocycles. The van der Waals surface area contributed by atoms with E-state index in [-0.39, 0.29) is 11.4 Å². The molecule has 0 bridgehead atoms. The highest BCUT2D eigenvalue weighted by Crippen LogP contribution is 2.28. The number of nitrogens with one attached hydrogen (secondary N) is 1. The first-order valence-electron chi connectivity index (χ1n) is 10.8. The van der Waals surface area contributed by atoms with E-state index < -0.39 is 5.97 Å². The number of aromatic carboxylic acids is 1. The molecule has 0 amide bonds. The number of carbonyl (C=O) groups is 1. The van der Waals surface area contributed by atoms with Crippen molar-refractivity contribution in [3.8, 4) is 17.0 Å². The third kappa shape index (κ3) is 5.46. The van der Waals surface area contributed by atoms with Crippen LogP contribution in [0.1, 0.15) is 35.7 Å². The third-order valence-corrected chi connectivity index (χ3v) is 6.15. The third-order valence-electron chi connectivity index (χ3n) is 5.22. The molecule has 0 aliphatic rings. The Labute approximate surface area is 195 Å². The molecule has 0 saturated heterocycles. The number of ether oxygens (including phenoxy) is 1. The second-order valence-corrected chi connectivity index (χ2v) is 8.52. The van der Waals surface area contributed by atoms with Crippen molar-refractivity contribution in [3.05, 3.63) is 71.1 Å². The molecular formula is C25H24FN3O3S. The minimum atomic E-state index is -1.03. The number of carboxylic acid groups (broad SMARTS) is 1. The predicted octanol–water partition coefficient (Wildman–Crippen LogP) is 6.03. The van der Waals surface area contributed by atoms with Crippen LogP contribution in [0.15, 0.2) is 54.2 Å². The lowest BCUT2D eigenvalue weighted by molar-refractivity contribution is 0.0692. The second-order valence-electron chi connectivity index (χ2n) is 7.60. The summed E-state index contributed by atoms with van der Waals surface area (Å²) in [5.74, 6) is -0.265. The zero-order chi connectivity index (χ0) is 23.2. The van der Waals surface area contributed by atoms with Crippen molar-refractivity contribution in [2.45, 2.75) is 26.2 Å². The van der Waals surface area contributed by atoms with E-state index in [1.54, 1.807) is 24.3 Å². The number of hydrogen-bond donors (Lipinski definition) is 2. The molecule has 0 atom stereocenters. The van der Waals surface area contributed by atoms with E-state index in [1.165, 1.54) is 23.7 Å². The molecule has 0 spiro atoms. The number of unbranched alkanes of at least 4 members (excludes halogenated alkanes) is 1. The highest BCUT2D eigenvalue weighted by Gasteiger charge is 2.14. The Morgan fingerprint density at radius 3 is 2.88 bits per heavy atom. The molecule has 170 valence electrons. The summed E-state index contributed by atoms with van der Waals surface area (Å²) in [6.45, 7) is 3.08. The number of hydrogen-bond acceptors (Lipinski definition) is 6. The van der Waals surface area contributed by atoms with E-state index in [9.17, 15) is 14.3 Å². The molecule has 0 unspecified atom stereocenters. The van der Waals surface area contributed by atoms with Gasteiger partial charge in [-0.2, -0.15) is 0 Å². The van der Waals surface area contributed by atoms with Crippen LogP contribution in [-0.2, 0) is 6.42 Å². The van der Waals surface area contributed by atoms with E-state index in [4.69, 9.17) is 4.74 Å². The van der Waals surface area contributed by atoms with Crippen molar-refractivity contribution < 1.29 is 19.0 Å². The minimum Gasteiger partial charge on any atom is -0.493 e. The van der Waals surface area contributed by atoms with Gasteiger partial charge in [0.05, 0.1) is 17.0 Å². The van der Waals surface area contributed by atoms with E-state index in [0.29, 0.717) is 41.5 Å². The summed E-state index contributed by atoms with van der Waals surface area (Å²) in [4.78, 5) is 20.1. The molecule has 4 rings (SSSR count). The van der Waals surface area contributed by atoms with Gasteiger partial charge in [-0.25, -0.2) is 19.2 Å². The van der Waals surface area contributed by atoms with Gasteiger partial charge in [0.15, 0.2) is 0 Å². The second kappa shape index (κ2) is 10.4. The van der Waals surface area contributed by atoms with Crippen LogP contribution in [-0.4, -0.2) is 34.2 Å². The fourth-order valence-electron chi connectivity index (χ4n) is 3.49. The summed E-state index contributed by atoms with van der Waals surface area (Å²) in [6, 6.07) is 12.2. The first kappa shape index (κ1) is 22.7. The van der Waals surface area contributed by atoms with Gasteiger partial charge in [-0.15, -0.1) is 11.3 Å². The van der Waals surface area contributed by atoms with E-state index in [0.717, 1.165) is 29.4 Å². The van der Waals surface area contributed by atoms with E-state index in [1.807, 2.05) is 24.4 Å². The van der Waals surface area contributed by atoms with Crippen molar-refractivity contribution in [1.82, 2.24) is 9.97 Å². The number of benzene rings is 2. The molecule has 4 aromatic rings. The first-order valence-corrected chi connectivity index (χ1v) is 11.6. The molecule has 6 nitrogen and oxygen atoms in total. The highest BCUT2D eigenvalue weighted by atomic mass is 32.1. The lowest BCUT2D eigenvalue weighted by Crippen LogP contribution is -2.07. The maximum absolute atomic E-state index is 14.2. The Hall–Kier alpha value is -3.52. The molecule has 0 saturated carbocycles. The van der Waals surface area contributed by atoms with Crippen LogP contribution in [0.5, 0.6) is 5.75 Å². The number of anilines is 1. The Morgan fingerprint density at radius 1 is 1.18 bits per heavy atom. The van der Waals surface area contributed by atoms with Crippen molar-refractivity contribution in [2.75, 3.05) is 18.5 Å². The van der Waals surface area contributed by atoms with Gasteiger partial charge in [0.2, 0.25) is 0 Å². The largest absolute Gasteiger partial charge is 0.493 e. The fourth-order valence-corrected chi connectivity index (χ4v) is 4.28. The quantitative estimate of drug-likeness (QED) is 0.278. The number of carboxylic acids is 1. The van der Waals surface area contributed by atoms with Gasteiger partial charge < -0.3 is 15.2 Å². The molecule has 8 heteroatoms. The smallest absolute Gasteiger partial charge is 0.339 e. The van der Waals surface area contributed by atoms with Crippen LogP contribution in [0.2, 0.25) is 0 Å². The van der Waals surface area contributed by atoms with Gasteiger partial charge in [0.1, 0.15) is 29.3 Å². The molecule has 2 aromatic carbocycles. The molecule has 33 heavy (non-hydrogen) atoms. The van der Waals surface area contributed by atoms with Crippen molar-refractivity contribution in [2.24, 2.45) is 0 Å². The lowest BCUT2D eigenvalue weighted by atomic mass is 10.1. The van der Waals surface area contributed by atoms with Crippen molar-refractivity contribution >= 4 is 33.2 Å². The Balaban J connectivity index is 1.46. The molecule has 0 fully saturated rings. The zero-order valence-corrected chi connectivity index (χ0v) is 19.0. The molecule has 0 aliphatic heterocycles. The summed E-state index contributed by atoms with van der Waals surface area (Å²) < 4.78 is 20.6. The highest BCUT2D eigenvalue weighted by molar-refractivity contribution is 7.17. The standard InChI is InChI=1S/C25H24FN3O3S/c1-2-3-9-32-22-13-17(4-5-19(22)25(30)31)21-14-23(29-15-28-21)27-8-6-16-11-18-7-10-33-24(18)20(26)12-16/h4-5,7,10-15H,2-3,6,8-9H2,1H3,(H,30,31)(H,27,28,29). The monoisotopic (exact) mass is 465 g/mol. The Kier molecular flexibility index (Phi) is 7.14. The SMILES string of the molecule is CCCCOc1cc(-c2cc(NCCc3cc(F)c4sccc4c3)ncn2)ccc1C(=O)O. The Morgan fingerprint density at radius 2 is 2.06 bits per heavy atom. The molecule has 2 N–H and O–H groups in total. The van der Waals surface area contributed by atoms with E-state index >= 15 is 0 Å². The molecular weight excluding hydrogens is 441 g/mol. The van der Waals surface area contributed by atoms with Crippen LogP contribution >= 0.6 is 11.3 Å². The minimum absolute atomic E-state index is 0.122. The van der Waals surface area contributed by atoms with Gasteiger partial charge in [-0.3, -0.25) is 0 Å². The number of aromatic nitrogens is 2. The summed E-state index contributed by atoms with van der Waals surface area (Å²) in [5.41, 5.74) is 2.42. The van der Waals surface area contributed by atoms with Gasteiger partial charge in [0, 0.05) is 18.2 Å². The van der Waals surface area contributed by atoms with Crippen LogP contribution in [0.4, 0.5) is 10.2 Å². The number of fused-ring (bicyclic) bond motifs is 1. The topological polar surface area (TPSA) is 84.3 Å². The number of halogens is 1. The van der Waals surface area contributed by atoms with Crippen LogP contribution < -0.4 is 10.1 Å². The van der Waals surface area contributed by atoms with Crippen LogP contribution in [0.3, 0.4) is 0 Å². The number of thiophene rings is 1. The van der Waals surface area contributed by atoms with Crippen LogP contribution in [0, 0.1) is 5.82 Å². The van der Waals surface area contributed by atoms with Gasteiger partial charge >= 0.3 is 5.97 Å². The maximum Gasteiger partial charge on any atom is 0.339 e. The summed E-state index contributed by atoms with van der Waals surface area (Å²) >= 11 is 1.40. The average molecular weight is 466 g/mol. The summed E-state index contributed by atoms with van der Waals surface area (Å²) in [6.07, 6.45) is 3.90. The number of rotatable bonds is 10. The van der Waals surface area contributed by atoms with Gasteiger partial charge in [-0.1, -0.05) is 25.5 Å². The van der Waals surface area contributed by atoms with Gasteiger partial charge in [0.25, 0.3) is 0 Å². The molecule has 2 aromatic heterocycles. The molecule has 0 radical (unpaired) electrons. The number of nitrogens with zero attached hydrogens (tertiary/aromatic N) is 2. The normalized spacial score (nSPS) is 11.0. The Bertz CT molecular complexity index is 1270. The fraction of sp³-hybridized carbons (Fsp3) is 0.240. The van der Waals surface area contributed by atoms with Gasteiger partial charge in [-0.05, 0) is 53.4 Å². The maximum atomic E-state index is 14.2. The summed E-state index contributed by atoms with van der Waals surface area (Å²) in [7, 11) is 0. The van der Waals surface area contributed by atoms with Crippen molar-refractivity contribution in [3.63, 3.8) is 0 Å². The average Bonchev–Trinajstić information content (AvgIpc) is 3.29.